The lowest BCUT2D eigenvalue weighted by Gasteiger charge is -2.21. The summed E-state index contributed by atoms with van der Waals surface area (Å²) in [5, 5.41) is 3.53. The van der Waals surface area contributed by atoms with Gasteiger partial charge in [0.05, 0.1) is 7.11 Å². The molecule has 96 valence electrons. The molecule has 0 aliphatic carbocycles. The molecule has 1 atom stereocenters. The predicted octanol–water partition coefficient (Wildman–Crippen LogP) is 2.05. The van der Waals surface area contributed by atoms with Crippen LogP contribution in [0, 0.1) is 5.92 Å². The van der Waals surface area contributed by atoms with Crippen molar-refractivity contribution in [1.82, 2.24) is 15.3 Å². The standard InChI is InChI=1S/C13H23N3O/c1-5-7-14-11(10(2)3)9-12-15-8-6-13(16-12)17-4/h6,8,10-11,14H,5,7,9H2,1-4H3. The molecule has 0 bridgehead atoms. The number of ether oxygens (including phenoxy) is 1. The number of rotatable bonds is 7. The minimum absolute atomic E-state index is 0.419. The Kier molecular flexibility index (Phi) is 5.91. The van der Waals surface area contributed by atoms with Crippen LogP contribution < -0.4 is 10.1 Å². The van der Waals surface area contributed by atoms with Gasteiger partial charge < -0.3 is 10.1 Å². The minimum atomic E-state index is 0.419. The number of methoxy groups -OCH3 is 1. The Morgan fingerprint density at radius 3 is 2.76 bits per heavy atom. The third-order valence-corrected chi connectivity index (χ3v) is 2.75. The molecule has 0 saturated carbocycles. The molecule has 0 saturated heterocycles. The van der Waals surface area contributed by atoms with Gasteiger partial charge in [-0.25, -0.2) is 4.98 Å². The van der Waals surface area contributed by atoms with E-state index in [2.05, 4.69) is 36.1 Å². The maximum absolute atomic E-state index is 5.11. The molecule has 0 radical (unpaired) electrons. The number of nitrogens with zero attached hydrogens (tertiary/aromatic N) is 2. The van der Waals surface area contributed by atoms with Gasteiger partial charge in [0.25, 0.3) is 0 Å². The largest absolute Gasteiger partial charge is 0.481 e. The van der Waals surface area contributed by atoms with Crippen LogP contribution in [0.4, 0.5) is 0 Å². The second-order valence-corrected chi connectivity index (χ2v) is 4.52. The van der Waals surface area contributed by atoms with Gasteiger partial charge >= 0.3 is 0 Å². The molecule has 0 spiro atoms. The van der Waals surface area contributed by atoms with Crippen LogP contribution in [0.2, 0.25) is 0 Å². The van der Waals surface area contributed by atoms with E-state index in [1.807, 2.05) is 0 Å². The maximum Gasteiger partial charge on any atom is 0.216 e. The van der Waals surface area contributed by atoms with Crippen molar-refractivity contribution >= 4 is 0 Å². The number of hydrogen-bond donors (Lipinski definition) is 1. The molecule has 1 aromatic heterocycles. The maximum atomic E-state index is 5.11. The van der Waals surface area contributed by atoms with Crippen molar-refractivity contribution in [2.75, 3.05) is 13.7 Å². The highest BCUT2D eigenvalue weighted by Crippen LogP contribution is 2.10. The van der Waals surface area contributed by atoms with Gasteiger partial charge in [-0.15, -0.1) is 0 Å². The average molecular weight is 237 g/mol. The van der Waals surface area contributed by atoms with Crippen LogP contribution >= 0.6 is 0 Å². The van der Waals surface area contributed by atoms with E-state index in [9.17, 15) is 0 Å². The number of aromatic nitrogens is 2. The molecule has 1 aromatic rings. The highest BCUT2D eigenvalue weighted by Gasteiger charge is 2.14. The summed E-state index contributed by atoms with van der Waals surface area (Å²) in [4.78, 5) is 8.63. The molecule has 1 heterocycles. The van der Waals surface area contributed by atoms with E-state index >= 15 is 0 Å². The lowest BCUT2D eigenvalue weighted by Crippen LogP contribution is -2.36. The van der Waals surface area contributed by atoms with E-state index in [0.717, 1.165) is 25.2 Å². The van der Waals surface area contributed by atoms with Crippen molar-refractivity contribution in [2.24, 2.45) is 5.92 Å². The molecule has 1 N–H and O–H groups in total. The molecule has 0 aromatic carbocycles. The van der Waals surface area contributed by atoms with Gasteiger partial charge in [-0.2, -0.15) is 4.98 Å². The van der Waals surface area contributed by atoms with Gasteiger partial charge in [-0.05, 0) is 18.9 Å². The van der Waals surface area contributed by atoms with Gasteiger partial charge in [0, 0.05) is 24.7 Å². The first kappa shape index (κ1) is 13.9. The molecule has 0 aliphatic heterocycles. The fraction of sp³-hybridized carbons (Fsp3) is 0.692. The summed E-state index contributed by atoms with van der Waals surface area (Å²) < 4.78 is 5.11. The molecule has 0 fully saturated rings. The van der Waals surface area contributed by atoms with Gasteiger partial charge in [0.2, 0.25) is 5.88 Å². The molecule has 0 amide bonds. The van der Waals surface area contributed by atoms with Crippen LogP contribution in [-0.2, 0) is 6.42 Å². The normalized spacial score (nSPS) is 12.8. The first-order valence-electron chi connectivity index (χ1n) is 6.26. The second-order valence-electron chi connectivity index (χ2n) is 4.52. The third kappa shape index (κ3) is 4.69. The Morgan fingerprint density at radius 2 is 2.18 bits per heavy atom. The van der Waals surface area contributed by atoms with Crippen molar-refractivity contribution in [3.05, 3.63) is 18.1 Å². The molecule has 4 nitrogen and oxygen atoms in total. The zero-order valence-electron chi connectivity index (χ0n) is 11.2. The summed E-state index contributed by atoms with van der Waals surface area (Å²) in [6.07, 6.45) is 3.73. The van der Waals surface area contributed by atoms with E-state index < -0.39 is 0 Å². The minimum Gasteiger partial charge on any atom is -0.481 e. The van der Waals surface area contributed by atoms with Gasteiger partial charge in [-0.1, -0.05) is 20.8 Å². The fourth-order valence-electron chi connectivity index (χ4n) is 1.66. The Bertz CT molecular complexity index is 328. The van der Waals surface area contributed by atoms with Crippen LogP contribution in [-0.4, -0.2) is 29.7 Å². The highest BCUT2D eigenvalue weighted by atomic mass is 16.5. The number of nitrogens with one attached hydrogen (secondary N) is 1. The first-order chi connectivity index (χ1) is 8.17. The summed E-state index contributed by atoms with van der Waals surface area (Å²) in [5.74, 6) is 2.04. The predicted molar refractivity (Wildman–Crippen MR) is 69.2 cm³/mol. The van der Waals surface area contributed by atoms with Crippen LogP contribution in [0.25, 0.3) is 0 Å². The first-order valence-corrected chi connectivity index (χ1v) is 6.26. The van der Waals surface area contributed by atoms with Crippen molar-refractivity contribution in [3.63, 3.8) is 0 Å². The Labute approximate surface area is 104 Å². The lowest BCUT2D eigenvalue weighted by atomic mass is 10.0. The Balaban J connectivity index is 2.64. The van der Waals surface area contributed by atoms with E-state index in [1.54, 1.807) is 19.4 Å². The number of hydrogen-bond acceptors (Lipinski definition) is 4. The summed E-state index contributed by atoms with van der Waals surface area (Å²) >= 11 is 0. The molecular formula is C13H23N3O. The molecular weight excluding hydrogens is 214 g/mol. The zero-order valence-corrected chi connectivity index (χ0v) is 11.2. The Morgan fingerprint density at radius 1 is 1.41 bits per heavy atom. The van der Waals surface area contributed by atoms with Crippen molar-refractivity contribution < 1.29 is 4.74 Å². The van der Waals surface area contributed by atoms with E-state index in [1.165, 1.54) is 0 Å². The van der Waals surface area contributed by atoms with Gasteiger partial charge in [0.15, 0.2) is 0 Å². The van der Waals surface area contributed by atoms with Crippen LogP contribution in [0.3, 0.4) is 0 Å². The van der Waals surface area contributed by atoms with Crippen LogP contribution in [0.5, 0.6) is 5.88 Å². The molecule has 1 unspecified atom stereocenters. The van der Waals surface area contributed by atoms with Crippen molar-refractivity contribution in [1.29, 1.82) is 0 Å². The smallest absolute Gasteiger partial charge is 0.216 e. The monoisotopic (exact) mass is 237 g/mol. The SMILES string of the molecule is CCCNC(Cc1nccc(OC)n1)C(C)C. The topological polar surface area (TPSA) is 47.0 Å². The van der Waals surface area contributed by atoms with E-state index in [-0.39, 0.29) is 0 Å². The summed E-state index contributed by atoms with van der Waals surface area (Å²) in [6, 6.07) is 2.19. The molecule has 0 aliphatic rings. The van der Waals surface area contributed by atoms with Gasteiger partial charge in [0.1, 0.15) is 5.82 Å². The second kappa shape index (κ2) is 7.22. The molecule has 1 rings (SSSR count). The van der Waals surface area contributed by atoms with Gasteiger partial charge in [-0.3, -0.25) is 0 Å². The van der Waals surface area contributed by atoms with E-state index in [4.69, 9.17) is 4.74 Å². The van der Waals surface area contributed by atoms with E-state index in [0.29, 0.717) is 17.8 Å². The summed E-state index contributed by atoms with van der Waals surface area (Å²) in [5.41, 5.74) is 0. The fourth-order valence-corrected chi connectivity index (χ4v) is 1.66. The van der Waals surface area contributed by atoms with Crippen molar-refractivity contribution in [3.8, 4) is 5.88 Å². The quantitative estimate of drug-likeness (QED) is 0.788. The Hall–Kier alpha value is -1.16. The third-order valence-electron chi connectivity index (χ3n) is 2.75. The summed E-state index contributed by atoms with van der Waals surface area (Å²) in [7, 11) is 1.63. The zero-order chi connectivity index (χ0) is 12.7. The average Bonchev–Trinajstić information content (AvgIpc) is 2.34. The van der Waals surface area contributed by atoms with Crippen LogP contribution in [0.15, 0.2) is 12.3 Å². The highest BCUT2D eigenvalue weighted by molar-refractivity contribution is 5.08. The summed E-state index contributed by atoms with van der Waals surface area (Å²) in [6.45, 7) is 7.64. The molecule has 4 heteroatoms. The van der Waals surface area contributed by atoms with Crippen LogP contribution in [0.1, 0.15) is 33.0 Å². The molecule has 17 heavy (non-hydrogen) atoms. The lowest BCUT2D eigenvalue weighted by molar-refractivity contribution is 0.377. The van der Waals surface area contributed by atoms with Crippen molar-refractivity contribution in [2.45, 2.75) is 39.7 Å².